The third kappa shape index (κ3) is 4.21. The van der Waals surface area contributed by atoms with Crippen LogP contribution < -0.4 is 14.2 Å². The van der Waals surface area contributed by atoms with Crippen molar-refractivity contribution in [3.8, 4) is 28.4 Å². The van der Waals surface area contributed by atoms with E-state index in [0.29, 0.717) is 23.7 Å². The highest BCUT2D eigenvalue weighted by Gasteiger charge is 2.22. The molecular formula is C25H24O6S. The highest BCUT2D eigenvalue weighted by Crippen LogP contribution is 2.45. The summed E-state index contributed by atoms with van der Waals surface area (Å²) in [5.41, 5.74) is 4.36. The van der Waals surface area contributed by atoms with E-state index in [1.165, 1.54) is 6.26 Å². The van der Waals surface area contributed by atoms with Gasteiger partial charge in [-0.25, -0.2) is 8.42 Å². The number of Topliss-reactive ketones (excluding diaryl/α,β-unsaturated/α-hetero) is 1. The Balaban J connectivity index is 1.71. The lowest BCUT2D eigenvalue weighted by Gasteiger charge is -2.18. The molecule has 0 aliphatic heterocycles. The van der Waals surface area contributed by atoms with Crippen molar-refractivity contribution in [2.24, 2.45) is 0 Å². The lowest BCUT2D eigenvalue weighted by Crippen LogP contribution is -2.02. The Morgan fingerprint density at radius 3 is 2.22 bits per heavy atom. The molecule has 32 heavy (non-hydrogen) atoms. The first-order valence-corrected chi connectivity index (χ1v) is 12.0. The molecule has 3 aromatic carbocycles. The minimum atomic E-state index is -3.26. The van der Waals surface area contributed by atoms with Crippen molar-refractivity contribution < 1.29 is 27.4 Å². The van der Waals surface area contributed by atoms with Gasteiger partial charge in [-0.1, -0.05) is 30.3 Å². The van der Waals surface area contributed by atoms with Gasteiger partial charge in [-0.05, 0) is 47.4 Å². The number of ether oxygens (including phenoxy) is 3. The minimum Gasteiger partial charge on any atom is -0.493 e. The van der Waals surface area contributed by atoms with Crippen molar-refractivity contribution >= 4 is 15.6 Å². The van der Waals surface area contributed by atoms with Crippen LogP contribution in [0.2, 0.25) is 0 Å². The van der Waals surface area contributed by atoms with Crippen molar-refractivity contribution in [3.05, 3.63) is 71.3 Å². The second-order valence-corrected chi connectivity index (χ2v) is 9.69. The molecular weight excluding hydrogens is 428 g/mol. The summed E-state index contributed by atoms with van der Waals surface area (Å²) in [5.74, 6) is 1.69. The van der Waals surface area contributed by atoms with Crippen molar-refractivity contribution in [1.29, 1.82) is 0 Å². The molecule has 0 atom stereocenters. The number of rotatable bonds is 7. The van der Waals surface area contributed by atoms with Gasteiger partial charge in [0.25, 0.3) is 0 Å². The Morgan fingerprint density at radius 2 is 1.56 bits per heavy atom. The summed E-state index contributed by atoms with van der Waals surface area (Å²) in [6.45, 7) is 0.212. The van der Waals surface area contributed by atoms with Crippen LogP contribution in [0.4, 0.5) is 0 Å². The highest BCUT2D eigenvalue weighted by molar-refractivity contribution is 7.90. The van der Waals surface area contributed by atoms with E-state index in [-0.39, 0.29) is 17.3 Å². The van der Waals surface area contributed by atoms with Gasteiger partial charge in [-0.3, -0.25) is 4.79 Å². The summed E-state index contributed by atoms with van der Waals surface area (Å²) in [4.78, 5) is 12.3. The van der Waals surface area contributed by atoms with Crippen LogP contribution in [0, 0.1) is 0 Å². The van der Waals surface area contributed by atoms with Crippen LogP contribution in [0.25, 0.3) is 11.1 Å². The topological polar surface area (TPSA) is 78.9 Å². The van der Waals surface area contributed by atoms with Crippen LogP contribution in [0.3, 0.4) is 0 Å². The maximum Gasteiger partial charge on any atom is 0.203 e. The van der Waals surface area contributed by atoms with E-state index < -0.39 is 9.84 Å². The first-order valence-electron chi connectivity index (χ1n) is 10.1. The van der Waals surface area contributed by atoms with Crippen LogP contribution >= 0.6 is 0 Å². The zero-order valence-electron chi connectivity index (χ0n) is 18.2. The second kappa shape index (κ2) is 8.67. The van der Waals surface area contributed by atoms with E-state index in [0.717, 1.165) is 34.2 Å². The van der Waals surface area contributed by atoms with Crippen LogP contribution in [0.5, 0.6) is 17.2 Å². The monoisotopic (exact) mass is 452 g/mol. The molecule has 4 rings (SSSR count). The summed E-state index contributed by atoms with van der Waals surface area (Å²) in [6.07, 6.45) is 2.45. The number of fused-ring (bicyclic) bond motifs is 1. The van der Waals surface area contributed by atoms with E-state index in [4.69, 9.17) is 14.2 Å². The van der Waals surface area contributed by atoms with Gasteiger partial charge in [0.1, 0.15) is 6.61 Å². The van der Waals surface area contributed by atoms with Gasteiger partial charge < -0.3 is 14.2 Å². The zero-order chi connectivity index (χ0) is 22.9. The third-order valence-electron chi connectivity index (χ3n) is 5.57. The number of hydrogen-bond donors (Lipinski definition) is 0. The Kier molecular flexibility index (Phi) is 5.93. The Labute approximate surface area is 187 Å². The molecule has 0 radical (unpaired) electrons. The van der Waals surface area contributed by atoms with Gasteiger partial charge in [0.15, 0.2) is 27.1 Å². The van der Waals surface area contributed by atoms with E-state index in [9.17, 15) is 13.2 Å². The lowest BCUT2D eigenvalue weighted by atomic mass is 9.99. The smallest absolute Gasteiger partial charge is 0.203 e. The maximum atomic E-state index is 12.0. The average Bonchev–Trinajstić information content (AvgIpc) is 3.16. The van der Waals surface area contributed by atoms with Crippen LogP contribution in [-0.4, -0.2) is 34.7 Å². The molecule has 7 heteroatoms. The molecule has 0 fully saturated rings. The predicted molar refractivity (Wildman–Crippen MR) is 122 cm³/mol. The number of benzene rings is 3. The molecule has 6 nitrogen and oxygen atoms in total. The molecule has 166 valence electrons. The van der Waals surface area contributed by atoms with Gasteiger partial charge >= 0.3 is 0 Å². The lowest BCUT2D eigenvalue weighted by molar-refractivity contribution is 0.0994. The number of carbonyl (C=O) groups is 1. The molecule has 0 saturated carbocycles. The number of hydrogen-bond acceptors (Lipinski definition) is 6. The van der Waals surface area contributed by atoms with Crippen LogP contribution in [0.15, 0.2) is 59.5 Å². The number of methoxy groups -OCH3 is 2. The maximum absolute atomic E-state index is 12.0. The summed E-state index contributed by atoms with van der Waals surface area (Å²) in [7, 11) is -0.145. The molecule has 0 aromatic heterocycles. The van der Waals surface area contributed by atoms with E-state index in [1.807, 2.05) is 30.3 Å². The molecule has 0 bridgehead atoms. The molecule has 1 aliphatic carbocycles. The second-order valence-electron chi connectivity index (χ2n) is 7.68. The third-order valence-corrected chi connectivity index (χ3v) is 6.70. The van der Waals surface area contributed by atoms with Gasteiger partial charge in [0.05, 0.1) is 19.1 Å². The van der Waals surface area contributed by atoms with Crippen molar-refractivity contribution in [3.63, 3.8) is 0 Å². The number of ketones is 1. The van der Waals surface area contributed by atoms with Gasteiger partial charge in [0, 0.05) is 23.8 Å². The summed E-state index contributed by atoms with van der Waals surface area (Å²) < 4.78 is 40.6. The quantitative estimate of drug-likeness (QED) is 0.526. The Bertz CT molecular complexity index is 1280. The van der Waals surface area contributed by atoms with Gasteiger partial charge in [0.2, 0.25) is 5.75 Å². The largest absolute Gasteiger partial charge is 0.493 e. The standard InChI is InChI=1S/C25H24O6S/c1-29-23-13-11-21(18-6-10-20-17(14-18)7-12-22(20)26)24(25(23)30-2)31-15-16-4-8-19(9-5-16)32(3,27)28/h4-6,8-11,13-14H,7,12,15H2,1-3H3. The molecule has 0 N–H and O–H groups in total. The zero-order valence-corrected chi connectivity index (χ0v) is 19.0. The fourth-order valence-corrected chi connectivity index (χ4v) is 4.51. The molecule has 0 spiro atoms. The average molecular weight is 453 g/mol. The fraction of sp³-hybridized carbons (Fsp3) is 0.240. The Hall–Kier alpha value is -3.32. The normalized spacial score (nSPS) is 13.0. The van der Waals surface area contributed by atoms with Gasteiger partial charge in [-0.2, -0.15) is 0 Å². The van der Waals surface area contributed by atoms with Crippen molar-refractivity contribution in [1.82, 2.24) is 0 Å². The van der Waals surface area contributed by atoms with E-state index in [2.05, 4.69) is 0 Å². The van der Waals surface area contributed by atoms with E-state index in [1.54, 1.807) is 38.5 Å². The van der Waals surface area contributed by atoms with E-state index >= 15 is 0 Å². The first kappa shape index (κ1) is 21.9. The Morgan fingerprint density at radius 1 is 0.844 bits per heavy atom. The van der Waals surface area contributed by atoms with Crippen molar-refractivity contribution in [2.75, 3.05) is 20.5 Å². The molecule has 0 saturated heterocycles. The summed E-state index contributed by atoms with van der Waals surface area (Å²) >= 11 is 0. The molecule has 1 aliphatic rings. The number of carbonyl (C=O) groups excluding carboxylic acids is 1. The molecule has 0 heterocycles. The number of aryl methyl sites for hydroxylation is 1. The molecule has 3 aromatic rings. The number of sulfone groups is 1. The minimum absolute atomic E-state index is 0.174. The predicted octanol–water partition coefficient (Wildman–Crippen LogP) is 4.48. The van der Waals surface area contributed by atoms with Crippen molar-refractivity contribution in [2.45, 2.75) is 24.3 Å². The fourth-order valence-electron chi connectivity index (χ4n) is 3.88. The first-order chi connectivity index (χ1) is 15.3. The molecule has 0 unspecified atom stereocenters. The van der Waals surface area contributed by atoms with Crippen LogP contribution in [0.1, 0.15) is 27.9 Å². The SMILES string of the molecule is COc1ccc(-c2ccc3c(c2)CCC3=O)c(OCc2ccc(S(C)(=O)=O)cc2)c1OC. The summed E-state index contributed by atoms with van der Waals surface area (Å²) in [6, 6.07) is 16.1. The summed E-state index contributed by atoms with van der Waals surface area (Å²) in [5, 5.41) is 0. The molecule has 0 amide bonds. The van der Waals surface area contributed by atoms with Gasteiger partial charge in [-0.15, -0.1) is 0 Å². The van der Waals surface area contributed by atoms with Crippen LogP contribution in [-0.2, 0) is 22.9 Å². The highest BCUT2D eigenvalue weighted by atomic mass is 32.2.